The van der Waals surface area contributed by atoms with Crippen LogP contribution < -0.4 is 0 Å². The maximum absolute atomic E-state index is 12.9. The molecule has 0 bridgehead atoms. The molecule has 0 N–H and O–H groups in total. The molecule has 0 radical (unpaired) electrons. The Balaban J connectivity index is 1.38. The summed E-state index contributed by atoms with van der Waals surface area (Å²) in [4.78, 5) is 22.0. The first kappa shape index (κ1) is 18.0. The molecule has 2 saturated carbocycles. The van der Waals surface area contributed by atoms with Crippen molar-refractivity contribution in [1.29, 1.82) is 0 Å². The molecule has 3 aliphatic rings. The van der Waals surface area contributed by atoms with Crippen LogP contribution in [0.1, 0.15) is 63.4 Å². The summed E-state index contributed by atoms with van der Waals surface area (Å²) >= 11 is 0. The van der Waals surface area contributed by atoms with E-state index in [2.05, 4.69) is 20.9 Å². The number of carbonyl (C=O) groups excluding carboxylic acids is 1. The monoisotopic (exact) mass is 355 g/mol. The lowest BCUT2D eigenvalue weighted by molar-refractivity contribution is -0.134. The number of nitrogens with zero attached hydrogens (tertiary/aromatic N) is 3. The van der Waals surface area contributed by atoms with E-state index in [9.17, 15) is 4.79 Å². The van der Waals surface area contributed by atoms with E-state index in [-0.39, 0.29) is 0 Å². The second-order valence-corrected chi connectivity index (χ2v) is 8.65. The highest BCUT2D eigenvalue weighted by Crippen LogP contribution is 2.33. The predicted octanol–water partition coefficient (Wildman–Crippen LogP) is 3.86. The lowest BCUT2D eigenvalue weighted by Crippen LogP contribution is -2.47. The van der Waals surface area contributed by atoms with Crippen LogP contribution >= 0.6 is 0 Å². The van der Waals surface area contributed by atoms with Gasteiger partial charge in [-0.1, -0.05) is 25.3 Å². The lowest BCUT2D eigenvalue weighted by atomic mass is 9.90. The van der Waals surface area contributed by atoms with Gasteiger partial charge >= 0.3 is 0 Å². The fraction of sp³-hybridized carbons (Fsp3) is 0.727. The summed E-state index contributed by atoms with van der Waals surface area (Å²) in [5.41, 5.74) is 1.15. The quantitative estimate of drug-likeness (QED) is 0.777. The predicted molar refractivity (Wildman–Crippen MR) is 104 cm³/mol. The highest BCUT2D eigenvalue weighted by Gasteiger charge is 2.35. The summed E-state index contributed by atoms with van der Waals surface area (Å²) in [6.07, 6.45) is 15.4. The largest absolute Gasteiger partial charge is 0.338 e. The summed E-state index contributed by atoms with van der Waals surface area (Å²) in [6.45, 7) is 4.10. The van der Waals surface area contributed by atoms with E-state index >= 15 is 0 Å². The third-order valence-corrected chi connectivity index (χ3v) is 6.45. The van der Waals surface area contributed by atoms with E-state index in [1.807, 2.05) is 12.3 Å². The Bertz CT molecular complexity index is 580. The van der Waals surface area contributed by atoms with Gasteiger partial charge in [-0.2, -0.15) is 0 Å². The first-order valence-electron chi connectivity index (χ1n) is 10.7. The number of carbonyl (C=O) groups is 1. The topological polar surface area (TPSA) is 36.4 Å². The minimum Gasteiger partial charge on any atom is -0.338 e. The molecule has 1 aromatic heterocycles. The molecular formula is C22H33N3O. The van der Waals surface area contributed by atoms with Crippen molar-refractivity contribution < 1.29 is 4.79 Å². The van der Waals surface area contributed by atoms with Gasteiger partial charge in [-0.15, -0.1) is 0 Å². The fourth-order valence-corrected chi connectivity index (χ4v) is 4.87. The van der Waals surface area contributed by atoms with Crippen LogP contribution in [0.5, 0.6) is 0 Å². The van der Waals surface area contributed by atoms with Crippen LogP contribution in [-0.4, -0.2) is 46.4 Å². The third-order valence-electron chi connectivity index (χ3n) is 6.45. The smallest absolute Gasteiger partial charge is 0.225 e. The van der Waals surface area contributed by atoms with Crippen molar-refractivity contribution in [3.8, 4) is 0 Å². The number of hydrogen-bond donors (Lipinski definition) is 0. The summed E-state index contributed by atoms with van der Waals surface area (Å²) in [6, 6.07) is 4.87. The number of hydrogen-bond acceptors (Lipinski definition) is 3. The number of rotatable bonds is 6. The molecular weight excluding hydrogens is 322 g/mol. The van der Waals surface area contributed by atoms with Gasteiger partial charge in [-0.05, 0) is 62.6 Å². The molecule has 4 heteroatoms. The molecule has 1 aliphatic heterocycles. The van der Waals surface area contributed by atoms with Gasteiger partial charge in [0.05, 0.1) is 0 Å². The molecule has 142 valence electrons. The normalized spacial score (nSPS) is 25.2. The van der Waals surface area contributed by atoms with Gasteiger partial charge in [0.2, 0.25) is 5.91 Å². The molecule has 1 aromatic rings. The minimum absolute atomic E-state index is 0.296. The molecule has 0 unspecified atom stereocenters. The average Bonchev–Trinajstić information content (AvgIpc) is 3.54. The van der Waals surface area contributed by atoms with Gasteiger partial charge in [-0.25, -0.2) is 0 Å². The zero-order valence-electron chi connectivity index (χ0n) is 16.0. The average molecular weight is 356 g/mol. The van der Waals surface area contributed by atoms with Gasteiger partial charge < -0.3 is 9.80 Å². The maximum atomic E-state index is 12.9. The Morgan fingerprint density at radius 2 is 1.96 bits per heavy atom. The summed E-state index contributed by atoms with van der Waals surface area (Å²) in [5.74, 6) is 1.30. The van der Waals surface area contributed by atoms with Crippen molar-refractivity contribution >= 4 is 5.91 Å². The van der Waals surface area contributed by atoms with E-state index in [0.717, 1.165) is 37.5 Å². The van der Waals surface area contributed by atoms with Crippen LogP contribution in [0, 0.1) is 11.8 Å². The van der Waals surface area contributed by atoms with Gasteiger partial charge in [0, 0.05) is 44.0 Å². The molecule has 4 rings (SSSR count). The fourth-order valence-electron chi connectivity index (χ4n) is 4.87. The van der Waals surface area contributed by atoms with Crippen molar-refractivity contribution in [1.82, 2.24) is 14.8 Å². The van der Waals surface area contributed by atoms with Crippen LogP contribution in [0.4, 0.5) is 0 Å². The van der Waals surface area contributed by atoms with E-state index in [4.69, 9.17) is 0 Å². The molecule has 2 aliphatic carbocycles. The second kappa shape index (κ2) is 8.51. The van der Waals surface area contributed by atoms with Crippen LogP contribution in [0.2, 0.25) is 0 Å². The van der Waals surface area contributed by atoms with Crippen LogP contribution in [0.25, 0.3) is 0 Å². The first-order valence-corrected chi connectivity index (χ1v) is 10.7. The molecule has 1 saturated heterocycles. The van der Waals surface area contributed by atoms with E-state index in [1.54, 1.807) is 6.20 Å². The molecule has 1 atom stereocenters. The van der Waals surface area contributed by atoms with Crippen LogP contribution in [0.15, 0.2) is 24.5 Å². The van der Waals surface area contributed by atoms with Crippen molar-refractivity contribution in [2.75, 3.05) is 19.6 Å². The zero-order chi connectivity index (χ0) is 17.8. The minimum atomic E-state index is 0.296. The molecule has 26 heavy (non-hydrogen) atoms. The van der Waals surface area contributed by atoms with Crippen molar-refractivity contribution in [3.63, 3.8) is 0 Å². The van der Waals surface area contributed by atoms with E-state index in [1.165, 1.54) is 58.0 Å². The Kier molecular flexibility index (Phi) is 5.88. The zero-order valence-corrected chi connectivity index (χ0v) is 16.0. The van der Waals surface area contributed by atoms with Crippen molar-refractivity contribution in [2.24, 2.45) is 11.8 Å². The standard InChI is InChI=1S/C22H33N3O/c26-22(20-10-11-20)25(15-18-6-4-12-23-14-18)17-19-7-5-13-24(16-19)21-8-2-1-3-9-21/h4,6,12,14,19-21H,1-3,5,7-11,13,15-17H2/t19-/m1/s1. The van der Waals surface area contributed by atoms with Crippen LogP contribution in [-0.2, 0) is 11.3 Å². The van der Waals surface area contributed by atoms with E-state index in [0.29, 0.717) is 17.7 Å². The highest BCUT2D eigenvalue weighted by atomic mass is 16.2. The maximum Gasteiger partial charge on any atom is 0.225 e. The van der Waals surface area contributed by atoms with Crippen molar-refractivity contribution in [3.05, 3.63) is 30.1 Å². The summed E-state index contributed by atoms with van der Waals surface area (Å²) in [7, 11) is 0. The Labute approximate surface area is 158 Å². The summed E-state index contributed by atoms with van der Waals surface area (Å²) < 4.78 is 0. The second-order valence-electron chi connectivity index (χ2n) is 8.65. The molecule has 1 amide bonds. The van der Waals surface area contributed by atoms with Crippen LogP contribution in [0.3, 0.4) is 0 Å². The SMILES string of the molecule is O=C(C1CC1)N(Cc1cccnc1)C[C@@H]1CCCN(C2CCCCC2)C1. The van der Waals surface area contributed by atoms with E-state index < -0.39 is 0 Å². The third kappa shape index (κ3) is 4.64. The molecule has 0 aromatic carbocycles. The van der Waals surface area contributed by atoms with Gasteiger partial charge in [-0.3, -0.25) is 9.78 Å². The highest BCUT2D eigenvalue weighted by molar-refractivity contribution is 5.81. The lowest BCUT2D eigenvalue weighted by Gasteiger charge is -2.41. The molecule has 4 nitrogen and oxygen atoms in total. The molecule has 2 heterocycles. The Hall–Kier alpha value is -1.42. The number of likely N-dealkylation sites (tertiary alicyclic amines) is 1. The Morgan fingerprint density at radius 1 is 1.12 bits per heavy atom. The molecule has 0 spiro atoms. The summed E-state index contributed by atoms with van der Waals surface area (Å²) in [5, 5.41) is 0. The number of aromatic nitrogens is 1. The first-order chi connectivity index (χ1) is 12.8. The van der Waals surface area contributed by atoms with Crippen molar-refractivity contribution in [2.45, 2.75) is 70.4 Å². The van der Waals surface area contributed by atoms with Gasteiger partial charge in [0.1, 0.15) is 0 Å². The van der Waals surface area contributed by atoms with Gasteiger partial charge in [0.25, 0.3) is 0 Å². The molecule has 3 fully saturated rings. The number of amides is 1. The number of piperidine rings is 1. The van der Waals surface area contributed by atoms with Gasteiger partial charge in [0.15, 0.2) is 0 Å². The Morgan fingerprint density at radius 3 is 2.69 bits per heavy atom. The number of pyridine rings is 1.